The standard InChI is InChI=1S/C16H18F3N5O/c17-16(18,19)13-7-4-8-23(10-13)15(25)14(24-11-20-21-22-24)9-12-5-2-1-3-6-12/h1-3,5-6,11,13-14H,4,7-10H2/t13-,14+/m0/s1. The van der Waals surface area contributed by atoms with Gasteiger partial charge in [0.05, 0.1) is 5.92 Å². The molecule has 1 aromatic heterocycles. The summed E-state index contributed by atoms with van der Waals surface area (Å²) in [6.45, 7) is 0.00851. The maximum absolute atomic E-state index is 13.0. The summed E-state index contributed by atoms with van der Waals surface area (Å²) in [5.41, 5.74) is 0.890. The van der Waals surface area contributed by atoms with Crippen LogP contribution in [0.3, 0.4) is 0 Å². The minimum Gasteiger partial charge on any atom is -0.340 e. The van der Waals surface area contributed by atoms with Crippen LogP contribution in [0.5, 0.6) is 0 Å². The molecule has 1 amide bonds. The summed E-state index contributed by atoms with van der Waals surface area (Å²) in [7, 11) is 0. The summed E-state index contributed by atoms with van der Waals surface area (Å²) in [5.74, 6) is -1.86. The summed E-state index contributed by atoms with van der Waals surface area (Å²) < 4.78 is 40.4. The number of benzene rings is 1. The van der Waals surface area contributed by atoms with Crippen LogP contribution in [0.4, 0.5) is 13.2 Å². The van der Waals surface area contributed by atoms with E-state index in [-0.39, 0.29) is 18.9 Å². The Morgan fingerprint density at radius 1 is 1.28 bits per heavy atom. The van der Waals surface area contributed by atoms with Crippen molar-refractivity contribution in [1.29, 1.82) is 0 Å². The van der Waals surface area contributed by atoms with Gasteiger partial charge in [0.2, 0.25) is 5.91 Å². The molecule has 25 heavy (non-hydrogen) atoms. The van der Waals surface area contributed by atoms with E-state index in [9.17, 15) is 18.0 Å². The molecule has 1 fully saturated rings. The first kappa shape index (κ1) is 17.4. The first-order valence-corrected chi connectivity index (χ1v) is 8.07. The molecule has 1 aliphatic rings. The lowest BCUT2D eigenvalue weighted by Crippen LogP contribution is -2.47. The Hall–Kier alpha value is -2.45. The lowest BCUT2D eigenvalue weighted by molar-refractivity contribution is -0.188. The molecule has 0 bridgehead atoms. The number of carbonyl (C=O) groups excluding carboxylic acids is 1. The van der Waals surface area contributed by atoms with E-state index in [1.54, 1.807) is 0 Å². The van der Waals surface area contributed by atoms with Crippen molar-refractivity contribution in [3.63, 3.8) is 0 Å². The number of carbonyl (C=O) groups is 1. The number of nitrogens with zero attached hydrogens (tertiary/aromatic N) is 5. The van der Waals surface area contributed by atoms with Gasteiger partial charge >= 0.3 is 6.18 Å². The molecule has 0 N–H and O–H groups in total. The van der Waals surface area contributed by atoms with E-state index in [4.69, 9.17) is 0 Å². The minimum atomic E-state index is -4.29. The van der Waals surface area contributed by atoms with Crippen molar-refractivity contribution in [2.45, 2.75) is 31.5 Å². The highest BCUT2D eigenvalue weighted by atomic mass is 19.4. The molecule has 2 aromatic rings. The third-order valence-corrected chi connectivity index (χ3v) is 4.44. The number of aromatic nitrogens is 4. The Kier molecular flexibility index (Phi) is 5.00. The molecular formula is C16H18F3N5O. The fourth-order valence-electron chi connectivity index (χ4n) is 3.10. The Morgan fingerprint density at radius 2 is 2.04 bits per heavy atom. The van der Waals surface area contributed by atoms with Crippen LogP contribution in [-0.4, -0.2) is 50.3 Å². The van der Waals surface area contributed by atoms with E-state index >= 15 is 0 Å². The second-order valence-electron chi connectivity index (χ2n) is 6.16. The van der Waals surface area contributed by atoms with Gasteiger partial charge in [-0.2, -0.15) is 13.2 Å². The first-order valence-electron chi connectivity index (χ1n) is 8.07. The molecule has 1 aliphatic heterocycles. The Morgan fingerprint density at radius 3 is 2.68 bits per heavy atom. The van der Waals surface area contributed by atoms with Crippen LogP contribution in [0.1, 0.15) is 24.4 Å². The zero-order valence-corrected chi connectivity index (χ0v) is 13.4. The van der Waals surface area contributed by atoms with E-state index in [1.807, 2.05) is 30.3 Å². The second kappa shape index (κ2) is 7.20. The predicted octanol–water partition coefficient (Wildman–Crippen LogP) is 2.26. The summed E-state index contributed by atoms with van der Waals surface area (Å²) >= 11 is 0. The first-order chi connectivity index (χ1) is 11.9. The summed E-state index contributed by atoms with van der Waals surface area (Å²) in [6, 6.07) is 8.51. The van der Waals surface area contributed by atoms with Gasteiger partial charge in [-0.3, -0.25) is 4.79 Å². The van der Waals surface area contributed by atoms with Crippen molar-refractivity contribution in [2.24, 2.45) is 5.92 Å². The highest BCUT2D eigenvalue weighted by molar-refractivity contribution is 5.80. The Bertz CT molecular complexity index is 690. The zero-order valence-electron chi connectivity index (χ0n) is 13.4. The number of amides is 1. The number of rotatable bonds is 4. The molecule has 2 heterocycles. The fourth-order valence-corrected chi connectivity index (χ4v) is 3.10. The fraction of sp³-hybridized carbons (Fsp3) is 0.500. The number of halogens is 3. The molecule has 0 aliphatic carbocycles. The lowest BCUT2D eigenvalue weighted by atomic mass is 9.96. The monoisotopic (exact) mass is 353 g/mol. The average molecular weight is 353 g/mol. The van der Waals surface area contributed by atoms with E-state index < -0.39 is 18.1 Å². The number of piperidine rings is 1. The molecular weight excluding hydrogens is 335 g/mol. The van der Waals surface area contributed by atoms with Gasteiger partial charge in [-0.1, -0.05) is 30.3 Å². The minimum absolute atomic E-state index is 0.0571. The van der Waals surface area contributed by atoms with Gasteiger partial charge in [-0.15, -0.1) is 5.10 Å². The van der Waals surface area contributed by atoms with E-state index in [0.29, 0.717) is 19.4 Å². The van der Waals surface area contributed by atoms with Crippen molar-refractivity contribution >= 4 is 5.91 Å². The van der Waals surface area contributed by atoms with Crippen LogP contribution in [-0.2, 0) is 11.2 Å². The van der Waals surface area contributed by atoms with Crippen molar-refractivity contribution < 1.29 is 18.0 Å². The summed E-state index contributed by atoms with van der Waals surface area (Å²) in [6.07, 6.45) is -2.26. The second-order valence-corrected chi connectivity index (χ2v) is 6.16. The SMILES string of the molecule is O=C([C@@H](Cc1ccccc1)n1cnnn1)N1CCC[C@H](C(F)(F)F)C1. The number of hydrogen-bond acceptors (Lipinski definition) is 4. The van der Waals surface area contributed by atoms with Crippen LogP contribution < -0.4 is 0 Å². The molecule has 134 valence electrons. The molecule has 0 radical (unpaired) electrons. The highest BCUT2D eigenvalue weighted by Crippen LogP contribution is 2.34. The van der Waals surface area contributed by atoms with Crippen molar-refractivity contribution in [3.05, 3.63) is 42.2 Å². The molecule has 1 saturated heterocycles. The van der Waals surface area contributed by atoms with Gasteiger partial charge in [0.25, 0.3) is 0 Å². The number of likely N-dealkylation sites (tertiary alicyclic amines) is 1. The van der Waals surface area contributed by atoms with Gasteiger partial charge in [0, 0.05) is 19.5 Å². The van der Waals surface area contributed by atoms with E-state index in [2.05, 4.69) is 15.5 Å². The van der Waals surface area contributed by atoms with E-state index in [1.165, 1.54) is 15.9 Å². The van der Waals surface area contributed by atoms with Crippen molar-refractivity contribution in [1.82, 2.24) is 25.1 Å². The van der Waals surface area contributed by atoms with Gasteiger partial charge in [-0.25, -0.2) is 4.68 Å². The molecule has 6 nitrogen and oxygen atoms in total. The molecule has 3 rings (SSSR count). The maximum Gasteiger partial charge on any atom is 0.393 e. The lowest BCUT2D eigenvalue weighted by Gasteiger charge is -2.35. The number of tetrazole rings is 1. The third kappa shape index (κ3) is 4.15. The normalized spacial score (nSPS) is 19.6. The zero-order chi connectivity index (χ0) is 17.9. The largest absolute Gasteiger partial charge is 0.393 e. The number of hydrogen-bond donors (Lipinski definition) is 0. The van der Waals surface area contributed by atoms with Crippen LogP contribution in [0.2, 0.25) is 0 Å². The maximum atomic E-state index is 13.0. The Balaban J connectivity index is 1.79. The van der Waals surface area contributed by atoms with Gasteiger partial charge in [0.15, 0.2) is 0 Å². The molecule has 0 unspecified atom stereocenters. The van der Waals surface area contributed by atoms with Crippen LogP contribution in [0, 0.1) is 5.92 Å². The highest BCUT2D eigenvalue weighted by Gasteiger charge is 2.43. The van der Waals surface area contributed by atoms with Crippen LogP contribution in [0.25, 0.3) is 0 Å². The predicted molar refractivity (Wildman–Crippen MR) is 82.4 cm³/mol. The Labute approximate surface area is 142 Å². The van der Waals surface area contributed by atoms with Gasteiger partial charge in [-0.05, 0) is 28.8 Å². The van der Waals surface area contributed by atoms with Crippen LogP contribution in [0.15, 0.2) is 36.7 Å². The van der Waals surface area contributed by atoms with Gasteiger partial charge in [0.1, 0.15) is 12.4 Å². The third-order valence-electron chi connectivity index (χ3n) is 4.44. The summed E-state index contributed by atoms with van der Waals surface area (Å²) in [5, 5.41) is 10.9. The summed E-state index contributed by atoms with van der Waals surface area (Å²) in [4.78, 5) is 14.2. The topological polar surface area (TPSA) is 63.9 Å². The number of alkyl halides is 3. The van der Waals surface area contributed by atoms with Crippen LogP contribution >= 0.6 is 0 Å². The molecule has 0 saturated carbocycles. The van der Waals surface area contributed by atoms with Gasteiger partial charge < -0.3 is 4.90 Å². The smallest absolute Gasteiger partial charge is 0.340 e. The van der Waals surface area contributed by atoms with Crippen molar-refractivity contribution in [3.8, 4) is 0 Å². The molecule has 1 aromatic carbocycles. The molecule has 9 heteroatoms. The average Bonchev–Trinajstić information content (AvgIpc) is 3.14. The quantitative estimate of drug-likeness (QED) is 0.846. The molecule has 2 atom stereocenters. The van der Waals surface area contributed by atoms with Crippen molar-refractivity contribution in [2.75, 3.05) is 13.1 Å². The molecule has 0 spiro atoms. The van der Waals surface area contributed by atoms with E-state index in [0.717, 1.165) is 5.56 Å².